The maximum atomic E-state index is 4.52. The van der Waals surface area contributed by atoms with Gasteiger partial charge in [-0.15, -0.1) is 20.4 Å². The van der Waals surface area contributed by atoms with Crippen molar-refractivity contribution in [2.45, 2.75) is 18.8 Å². The Hall–Kier alpha value is -2.77. The molecular formula is C16H18N8. The van der Waals surface area contributed by atoms with E-state index in [1.807, 2.05) is 18.2 Å². The van der Waals surface area contributed by atoms with Gasteiger partial charge in [-0.2, -0.15) is 9.61 Å². The molecule has 2 fully saturated rings. The Labute approximate surface area is 138 Å². The number of nitrogens with zero attached hydrogens (tertiary/aromatic N) is 7. The molecule has 8 nitrogen and oxygen atoms in total. The summed E-state index contributed by atoms with van der Waals surface area (Å²) >= 11 is 0. The van der Waals surface area contributed by atoms with Gasteiger partial charge in [0, 0.05) is 31.5 Å². The lowest BCUT2D eigenvalue weighted by Gasteiger charge is -2.40. The smallest absolute Gasteiger partial charge is 0.177 e. The van der Waals surface area contributed by atoms with Crippen LogP contribution in [0.1, 0.15) is 24.5 Å². The van der Waals surface area contributed by atoms with Gasteiger partial charge in [-0.3, -0.25) is 0 Å². The van der Waals surface area contributed by atoms with Crippen molar-refractivity contribution in [2.24, 2.45) is 5.92 Å². The molecule has 1 saturated heterocycles. The summed E-state index contributed by atoms with van der Waals surface area (Å²) in [5.41, 5.74) is 1.90. The summed E-state index contributed by atoms with van der Waals surface area (Å²) in [5.74, 6) is 3.07. The van der Waals surface area contributed by atoms with E-state index in [0.717, 1.165) is 42.6 Å². The molecule has 2 aliphatic rings. The summed E-state index contributed by atoms with van der Waals surface area (Å²) in [6.45, 7) is 2.88. The minimum absolute atomic E-state index is 0.591. The van der Waals surface area contributed by atoms with Gasteiger partial charge in [0.1, 0.15) is 18.0 Å². The molecule has 0 atom stereocenters. The third kappa shape index (κ3) is 2.53. The lowest BCUT2D eigenvalue weighted by atomic mass is 10.0. The molecule has 122 valence electrons. The molecule has 1 saturated carbocycles. The van der Waals surface area contributed by atoms with Gasteiger partial charge in [-0.05, 0) is 37.1 Å². The van der Waals surface area contributed by atoms with E-state index in [1.54, 1.807) is 10.8 Å². The lowest BCUT2D eigenvalue weighted by Crippen LogP contribution is -2.50. The number of hydrogen-bond acceptors (Lipinski definition) is 7. The fourth-order valence-corrected chi connectivity index (χ4v) is 3.06. The van der Waals surface area contributed by atoms with Crippen molar-refractivity contribution in [1.82, 2.24) is 30.0 Å². The van der Waals surface area contributed by atoms with Gasteiger partial charge in [0.05, 0.1) is 5.69 Å². The lowest BCUT2D eigenvalue weighted by molar-refractivity contribution is 0.424. The van der Waals surface area contributed by atoms with Crippen LogP contribution in [0, 0.1) is 5.92 Å². The zero-order valence-electron chi connectivity index (χ0n) is 13.2. The number of anilines is 2. The molecule has 8 heteroatoms. The van der Waals surface area contributed by atoms with Crippen LogP contribution in [0.3, 0.4) is 0 Å². The van der Waals surface area contributed by atoms with E-state index >= 15 is 0 Å². The molecule has 3 aromatic heterocycles. The first-order valence-corrected chi connectivity index (χ1v) is 8.35. The zero-order chi connectivity index (χ0) is 15.9. The van der Waals surface area contributed by atoms with E-state index in [2.05, 4.69) is 41.8 Å². The van der Waals surface area contributed by atoms with Crippen molar-refractivity contribution in [3.63, 3.8) is 0 Å². The number of nitrogens with one attached hydrogen (secondary N) is 1. The van der Waals surface area contributed by atoms with E-state index in [1.165, 1.54) is 12.8 Å². The number of aromatic nitrogens is 6. The minimum atomic E-state index is 0.591. The van der Waals surface area contributed by atoms with Crippen LogP contribution in [0.15, 0.2) is 30.6 Å². The quantitative estimate of drug-likeness (QED) is 0.759. The number of rotatable bonds is 5. The Morgan fingerprint density at radius 2 is 1.96 bits per heavy atom. The normalized spacial score (nSPS) is 17.9. The molecule has 0 aromatic carbocycles. The maximum absolute atomic E-state index is 4.52. The second kappa shape index (κ2) is 5.40. The molecule has 4 heterocycles. The topological polar surface area (TPSA) is 84.1 Å². The van der Waals surface area contributed by atoms with Crippen molar-refractivity contribution in [3.8, 4) is 0 Å². The van der Waals surface area contributed by atoms with Gasteiger partial charge in [-0.25, -0.2) is 0 Å². The Balaban J connectivity index is 1.15. The Morgan fingerprint density at radius 3 is 2.75 bits per heavy atom. The molecule has 0 unspecified atom stereocenters. The van der Waals surface area contributed by atoms with E-state index in [-0.39, 0.29) is 0 Å². The third-order valence-electron chi connectivity index (χ3n) is 4.68. The monoisotopic (exact) mass is 322 g/mol. The van der Waals surface area contributed by atoms with Crippen LogP contribution in [0.25, 0.3) is 5.65 Å². The van der Waals surface area contributed by atoms with Gasteiger partial charge in [-0.1, -0.05) is 0 Å². The van der Waals surface area contributed by atoms with Gasteiger partial charge in [0.2, 0.25) is 0 Å². The first-order chi connectivity index (χ1) is 11.8. The van der Waals surface area contributed by atoms with Gasteiger partial charge in [0.25, 0.3) is 0 Å². The summed E-state index contributed by atoms with van der Waals surface area (Å²) in [4.78, 5) is 2.26. The highest BCUT2D eigenvalue weighted by Crippen LogP contribution is 2.38. The van der Waals surface area contributed by atoms with Crippen LogP contribution >= 0.6 is 0 Å². The number of hydrogen-bond donors (Lipinski definition) is 1. The van der Waals surface area contributed by atoms with Crippen LogP contribution < -0.4 is 10.2 Å². The van der Waals surface area contributed by atoms with E-state index < -0.39 is 0 Å². The summed E-state index contributed by atoms with van der Waals surface area (Å²) < 4.78 is 1.71. The number of fused-ring (bicyclic) bond motifs is 1. The minimum Gasteiger partial charge on any atom is -0.368 e. The molecule has 1 aliphatic heterocycles. The van der Waals surface area contributed by atoms with Gasteiger partial charge in [0.15, 0.2) is 5.65 Å². The molecule has 5 rings (SSSR count). The summed E-state index contributed by atoms with van der Waals surface area (Å²) in [5, 5.41) is 24.3. The Bertz CT molecular complexity index is 848. The van der Waals surface area contributed by atoms with Gasteiger partial charge < -0.3 is 10.2 Å². The Morgan fingerprint density at radius 1 is 1.04 bits per heavy atom. The van der Waals surface area contributed by atoms with Crippen molar-refractivity contribution < 1.29 is 0 Å². The van der Waals surface area contributed by atoms with Crippen molar-refractivity contribution in [2.75, 3.05) is 29.9 Å². The first kappa shape index (κ1) is 13.6. The molecule has 3 aromatic rings. The standard InChI is InChI=1S/C16H18N8/c1-2-12(1)13-3-4-14(20-19-13)17-7-11-8-23(9-11)16-6-5-15-21-18-10-24(15)22-16/h3-6,10-12H,1-2,7-9H2,(H,17,20). The average molecular weight is 322 g/mol. The van der Waals surface area contributed by atoms with Crippen LogP contribution in [0.4, 0.5) is 11.6 Å². The summed E-state index contributed by atoms with van der Waals surface area (Å²) in [7, 11) is 0. The highest BCUT2D eigenvalue weighted by atomic mass is 15.4. The fraction of sp³-hybridized carbons (Fsp3) is 0.438. The molecule has 0 radical (unpaired) electrons. The van der Waals surface area contributed by atoms with Crippen molar-refractivity contribution in [3.05, 3.63) is 36.3 Å². The molecular weight excluding hydrogens is 304 g/mol. The van der Waals surface area contributed by atoms with Gasteiger partial charge >= 0.3 is 0 Å². The molecule has 1 N–H and O–H groups in total. The third-order valence-corrected chi connectivity index (χ3v) is 4.68. The van der Waals surface area contributed by atoms with E-state index in [0.29, 0.717) is 11.8 Å². The predicted molar refractivity (Wildman–Crippen MR) is 89.0 cm³/mol. The Kier molecular flexibility index (Phi) is 3.07. The van der Waals surface area contributed by atoms with Crippen molar-refractivity contribution in [1.29, 1.82) is 0 Å². The van der Waals surface area contributed by atoms with Crippen LogP contribution in [-0.2, 0) is 0 Å². The van der Waals surface area contributed by atoms with Crippen LogP contribution in [0.5, 0.6) is 0 Å². The fourth-order valence-electron chi connectivity index (χ4n) is 3.06. The average Bonchev–Trinajstić information content (AvgIpc) is 3.32. The SMILES string of the molecule is c1cc(C2CC2)nnc1NCC1CN(c2ccc3nncn3n2)C1. The maximum Gasteiger partial charge on any atom is 0.177 e. The first-order valence-electron chi connectivity index (χ1n) is 8.35. The molecule has 1 aliphatic carbocycles. The van der Waals surface area contributed by atoms with E-state index in [4.69, 9.17) is 0 Å². The predicted octanol–water partition coefficient (Wildman–Crippen LogP) is 1.34. The zero-order valence-corrected chi connectivity index (χ0v) is 13.2. The second-order valence-electron chi connectivity index (χ2n) is 6.59. The second-order valence-corrected chi connectivity index (χ2v) is 6.59. The largest absolute Gasteiger partial charge is 0.368 e. The summed E-state index contributed by atoms with van der Waals surface area (Å²) in [6, 6.07) is 8.07. The van der Waals surface area contributed by atoms with Crippen molar-refractivity contribution >= 4 is 17.3 Å². The highest BCUT2D eigenvalue weighted by Gasteiger charge is 2.28. The highest BCUT2D eigenvalue weighted by molar-refractivity contribution is 5.47. The molecule has 0 spiro atoms. The molecule has 0 amide bonds. The molecule has 24 heavy (non-hydrogen) atoms. The van der Waals surface area contributed by atoms with Crippen LogP contribution in [0.2, 0.25) is 0 Å². The summed E-state index contributed by atoms with van der Waals surface area (Å²) in [6.07, 6.45) is 4.14. The van der Waals surface area contributed by atoms with E-state index in [9.17, 15) is 0 Å². The molecule has 0 bridgehead atoms. The van der Waals surface area contributed by atoms with Crippen LogP contribution in [-0.4, -0.2) is 49.6 Å².